The smallest absolute Gasteiger partial charge is 0.180 e. The number of aliphatic hydroxyl groups excluding tert-OH is 1. The number of halogens is 1. The van der Waals surface area contributed by atoms with E-state index in [0.29, 0.717) is 0 Å². The summed E-state index contributed by atoms with van der Waals surface area (Å²) in [7, 11) is -3.49. The van der Waals surface area contributed by atoms with Crippen LogP contribution in [0, 0.1) is 5.82 Å². The zero-order chi connectivity index (χ0) is 15.3. The van der Waals surface area contributed by atoms with Gasteiger partial charge in [0, 0.05) is 10.6 Å². The maximum Gasteiger partial charge on any atom is 0.180 e. The van der Waals surface area contributed by atoms with Crippen molar-refractivity contribution in [2.75, 3.05) is 11.5 Å². The Morgan fingerprint density at radius 2 is 1.67 bits per heavy atom. The van der Waals surface area contributed by atoms with Gasteiger partial charge in [-0.05, 0) is 36.4 Å². The SMILES string of the molecule is O=S(=O)(C[C@H](O)CSc1ccc(F)cc1)c1ccccc1. The first kappa shape index (κ1) is 16.0. The third-order valence-electron chi connectivity index (χ3n) is 2.77. The zero-order valence-corrected chi connectivity index (χ0v) is 12.8. The summed E-state index contributed by atoms with van der Waals surface area (Å²) in [6.45, 7) is 0. The molecule has 0 heterocycles. The molecule has 2 rings (SSSR count). The minimum Gasteiger partial charge on any atom is -0.391 e. The second kappa shape index (κ2) is 7.06. The molecule has 0 spiro atoms. The molecule has 3 nitrogen and oxygen atoms in total. The van der Waals surface area contributed by atoms with Crippen molar-refractivity contribution in [1.82, 2.24) is 0 Å². The van der Waals surface area contributed by atoms with E-state index in [9.17, 15) is 17.9 Å². The second-order valence-corrected chi connectivity index (χ2v) is 7.64. The highest BCUT2D eigenvalue weighted by Crippen LogP contribution is 2.20. The van der Waals surface area contributed by atoms with Gasteiger partial charge in [-0.15, -0.1) is 11.8 Å². The molecule has 0 amide bonds. The molecule has 1 atom stereocenters. The predicted molar refractivity (Wildman–Crippen MR) is 81.6 cm³/mol. The Kier molecular flexibility index (Phi) is 5.39. The molecule has 2 aromatic carbocycles. The van der Waals surface area contributed by atoms with E-state index < -0.39 is 15.9 Å². The molecule has 0 bridgehead atoms. The number of thioether (sulfide) groups is 1. The van der Waals surface area contributed by atoms with Crippen LogP contribution in [0.1, 0.15) is 0 Å². The minimum absolute atomic E-state index is 0.204. The fourth-order valence-corrected chi connectivity index (χ4v) is 4.12. The van der Waals surface area contributed by atoms with Gasteiger partial charge >= 0.3 is 0 Å². The monoisotopic (exact) mass is 326 g/mol. The van der Waals surface area contributed by atoms with Crippen molar-refractivity contribution in [2.24, 2.45) is 0 Å². The van der Waals surface area contributed by atoms with Crippen LogP contribution >= 0.6 is 11.8 Å². The lowest BCUT2D eigenvalue weighted by molar-refractivity contribution is 0.222. The van der Waals surface area contributed by atoms with Crippen molar-refractivity contribution >= 4 is 21.6 Å². The molecular weight excluding hydrogens is 311 g/mol. The third kappa shape index (κ3) is 4.84. The van der Waals surface area contributed by atoms with E-state index in [1.807, 2.05) is 0 Å². The normalized spacial score (nSPS) is 13.0. The van der Waals surface area contributed by atoms with Gasteiger partial charge < -0.3 is 5.11 Å². The van der Waals surface area contributed by atoms with Crippen molar-refractivity contribution in [2.45, 2.75) is 15.9 Å². The average Bonchev–Trinajstić information content (AvgIpc) is 2.47. The summed E-state index contributed by atoms with van der Waals surface area (Å²) in [6, 6.07) is 13.9. The summed E-state index contributed by atoms with van der Waals surface area (Å²) >= 11 is 1.29. The van der Waals surface area contributed by atoms with Crippen molar-refractivity contribution in [3.05, 3.63) is 60.4 Å². The van der Waals surface area contributed by atoms with Crippen LogP contribution in [0.5, 0.6) is 0 Å². The summed E-state index contributed by atoms with van der Waals surface area (Å²) in [5.74, 6) is -0.422. The van der Waals surface area contributed by atoms with Gasteiger partial charge in [0.15, 0.2) is 9.84 Å². The van der Waals surface area contributed by atoms with Crippen LogP contribution in [0.15, 0.2) is 64.4 Å². The summed E-state index contributed by atoms with van der Waals surface area (Å²) in [5.41, 5.74) is 0. The molecule has 0 saturated carbocycles. The maximum absolute atomic E-state index is 12.8. The Hall–Kier alpha value is -1.37. The van der Waals surface area contributed by atoms with Crippen LogP contribution in [0.2, 0.25) is 0 Å². The summed E-state index contributed by atoms with van der Waals surface area (Å²) in [6.07, 6.45) is -0.981. The lowest BCUT2D eigenvalue weighted by atomic mass is 10.4. The zero-order valence-electron chi connectivity index (χ0n) is 11.1. The molecule has 0 aliphatic rings. The Morgan fingerprint density at radius 3 is 2.29 bits per heavy atom. The highest BCUT2D eigenvalue weighted by molar-refractivity contribution is 7.99. The quantitative estimate of drug-likeness (QED) is 0.829. The van der Waals surface area contributed by atoms with Gasteiger partial charge in [-0.1, -0.05) is 18.2 Å². The molecule has 1 N–H and O–H groups in total. The molecule has 0 aliphatic heterocycles. The molecule has 6 heteroatoms. The lowest BCUT2D eigenvalue weighted by Crippen LogP contribution is -2.23. The van der Waals surface area contributed by atoms with E-state index in [-0.39, 0.29) is 22.2 Å². The van der Waals surface area contributed by atoms with E-state index in [2.05, 4.69) is 0 Å². The number of hydrogen-bond donors (Lipinski definition) is 1. The van der Waals surface area contributed by atoms with Gasteiger partial charge in [0.2, 0.25) is 0 Å². The topological polar surface area (TPSA) is 54.4 Å². The Bertz CT molecular complexity index is 670. The number of sulfone groups is 1. The van der Waals surface area contributed by atoms with E-state index in [0.717, 1.165) is 4.90 Å². The highest BCUT2D eigenvalue weighted by atomic mass is 32.2. The van der Waals surface area contributed by atoms with Crippen LogP contribution in [-0.2, 0) is 9.84 Å². The maximum atomic E-state index is 12.8. The van der Waals surface area contributed by atoms with Crippen LogP contribution in [0.4, 0.5) is 4.39 Å². The fourth-order valence-electron chi connectivity index (χ4n) is 1.75. The predicted octanol–water partition coefficient (Wildman–Crippen LogP) is 2.75. The van der Waals surface area contributed by atoms with Crippen molar-refractivity contribution in [3.8, 4) is 0 Å². The van der Waals surface area contributed by atoms with E-state index in [4.69, 9.17) is 0 Å². The first-order valence-electron chi connectivity index (χ1n) is 6.31. The summed E-state index contributed by atoms with van der Waals surface area (Å²) < 4.78 is 36.9. The molecule has 112 valence electrons. The van der Waals surface area contributed by atoms with Gasteiger partial charge in [0.1, 0.15) is 5.82 Å². The molecule has 0 fully saturated rings. The first-order chi connectivity index (χ1) is 9.97. The molecule has 0 aliphatic carbocycles. The Morgan fingerprint density at radius 1 is 1.05 bits per heavy atom. The Balaban J connectivity index is 1.92. The fraction of sp³-hybridized carbons (Fsp3) is 0.200. The number of rotatable bonds is 6. The minimum atomic E-state index is -3.49. The number of hydrogen-bond acceptors (Lipinski definition) is 4. The van der Waals surface area contributed by atoms with Gasteiger partial charge in [-0.25, -0.2) is 12.8 Å². The van der Waals surface area contributed by atoms with Crippen LogP contribution in [-0.4, -0.2) is 31.1 Å². The van der Waals surface area contributed by atoms with E-state index in [1.54, 1.807) is 30.3 Å². The molecule has 2 aromatic rings. The molecule has 21 heavy (non-hydrogen) atoms. The third-order valence-corrected chi connectivity index (χ3v) is 5.74. The van der Waals surface area contributed by atoms with E-state index >= 15 is 0 Å². The van der Waals surface area contributed by atoms with E-state index in [1.165, 1.54) is 36.0 Å². The Labute approximate surface area is 127 Å². The average molecular weight is 326 g/mol. The molecule has 0 unspecified atom stereocenters. The van der Waals surface area contributed by atoms with Crippen molar-refractivity contribution < 1.29 is 17.9 Å². The van der Waals surface area contributed by atoms with Gasteiger partial charge in [-0.3, -0.25) is 0 Å². The number of benzene rings is 2. The van der Waals surface area contributed by atoms with Gasteiger partial charge in [-0.2, -0.15) is 0 Å². The van der Waals surface area contributed by atoms with Gasteiger partial charge in [0.05, 0.1) is 16.8 Å². The second-order valence-electron chi connectivity index (χ2n) is 4.51. The standard InChI is InChI=1S/C15H15FO3S2/c16-12-6-8-14(9-7-12)20-10-13(17)11-21(18,19)15-4-2-1-3-5-15/h1-9,13,17H,10-11H2/t13-/m1/s1. The van der Waals surface area contributed by atoms with Crippen LogP contribution < -0.4 is 0 Å². The largest absolute Gasteiger partial charge is 0.391 e. The first-order valence-corrected chi connectivity index (χ1v) is 8.95. The molecule has 0 aromatic heterocycles. The van der Waals surface area contributed by atoms with Crippen molar-refractivity contribution in [3.63, 3.8) is 0 Å². The highest BCUT2D eigenvalue weighted by Gasteiger charge is 2.19. The molecule has 0 radical (unpaired) electrons. The lowest BCUT2D eigenvalue weighted by Gasteiger charge is -2.11. The number of aliphatic hydroxyl groups is 1. The van der Waals surface area contributed by atoms with Gasteiger partial charge in [0.25, 0.3) is 0 Å². The van der Waals surface area contributed by atoms with Crippen LogP contribution in [0.25, 0.3) is 0 Å². The summed E-state index contributed by atoms with van der Waals surface area (Å²) in [4.78, 5) is 0.989. The van der Waals surface area contributed by atoms with Crippen LogP contribution in [0.3, 0.4) is 0 Å². The van der Waals surface area contributed by atoms with Crippen molar-refractivity contribution in [1.29, 1.82) is 0 Å². The molecular formula is C15H15FO3S2. The molecule has 0 saturated heterocycles. The summed E-state index contributed by atoms with van der Waals surface area (Å²) in [5, 5.41) is 9.89.